The predicted octanol–water partition coefficient (Wildman–Crippen LogP) is 8.66. The van der Waals surface area contributed by atoms with E-state index in [-0.39, 0.29) is 58.9 Å². The number of aromatic hydroxyl groups is 2. The Morgan fingerprint density at radius 3 is 1.27 bits per heavy atom. The third-order valence-corrected chi connectivity index (χ3v) is 8.16. The van der Waals surface area contributed by atoms with Gasteiger partial charge in [0.15, 0.2) is 0 Å². The predicted molar refractivity (Wildman–Crippen MR) is 157 cm³/mol. The van der Waals surface area contributed by atoms with Crippen molar-refractivity contribution >= 4 is 0 Å². The number of hydrogen-bond acceptors (Lipinski definition) is 4. The Hall–Kier alpha value is -4.02. The maximum absolute atomic E-state index is 13.6. The van der Waals surface area contributed by atoms with E-state index in [0.29, 0.717) is 11.1 Å². The molecule has 4 aromatic rings. The number of para-hydroxylation sites is 2. The Labute approximate surface area is 251 Å². The molecule has 4 nitrogen and oxygen atoms in total. The number of benzene rings is 4. The zero-order chi connectivity index (χ0) is 31.5. The minimum atomic E-state index is -4.58. The highest BCUT2D eigenvalue weighted by Crippen LogP contribution is 2.42. The van der Waals surface area contributed by atoms with Gasteiger partial charge < -0.3 is 20.8 Å². The van der Waals surface area contributed by atoms with Gasteiger partial charge in [0.1, 0.15) is 11.5 Å². The molecule has 44 heavy (non-hydrogen) atoms. The molecule has 0 saturated heterocycles. The highest BCUT2D eigenvalue weighted by Gasteiger charge is 2.35. The normalized spacial score (nSPS) is 17.5. The summed E-state index contributed by atoms with van der Waals surface area (Å²) >= 11 is 0. The second kappa shape index (κ2) is 12.9. The average molecular weight is 615 g/mol. The summed E-state index contributed by atoms with van der Waals surface area (Å²) in [7, 11) is 0. The van der Waals surface area contributed by atoms with Gasteiger partial charge >= 0.3 is 12.4 Å². The van der Waals surface area contributed by atoms with E-state index in [2.05, 4.69) is 10.6 Å². The summed E-state index contributed by atoms with van der Waals surface area (Å²) in [4.78, 5) is 0. The molecule has 0 aliphatic heterocycles. The number of hydrogen-bond donors (Lipinski definition) is 4. The van der Waals surface area contributed by atoms with Crippen LogP contribution in [0.4, 0.5) is 26.3 Å². The van der Waals surface area contributed by atoms with E-state index >= 15 is 0 Å². The summed E-state index contributed by atoms with van der Waals surface area (Å²) in [5, 5.41) is 28.8. The van der Waals surface area contributed by atoms with Gasteiger partial charge in [-0.05, 0) is 36.1 Å². The summed E-state index contributed by atoms with van der Waals surface area (Å²) in [5.41, 5.74) is -0.754. The maximum atomic E-state index is 13.6. The van der Waals surface area contributed by atoms with Gasteiger partial charge in [0.2, 0.25) is 0 Å². The fourth-order valence-electron chi connectivity index (χ4n) is 5.93. The van der Waals surface area contributed by atoms with E-state index in [1.165, 1.54) is 48.5 Å². The molecule has 1 saturated carbocycles. The van der Waals surface area contributed by atoms with Crippen LogP contribution >= 0.6 is 0 Å². The minimum absolute atomic E-state index is 0.0504. The Balaban J connectivity index is 1.30. The first-order valence-corrected chi connectivity index (χ1v) is 14.4. The van der Waals surface area contributed by atoms with E-state index in [0.717, 1.165) is 37.8 Å². The van der Waals surface area contributed by atoms with Crippen LogP contribution in [0.15, 0.2) is 84.9 Å². The second-order valence-corrected chi connectivity index (χ2v) is 11.0. The molecule has 0 radical (unpaired) electrons. The number of alkyl halides is 6. The van der Waals surface area contributed by atoms with Crippen LogP contribution in [-0.2, 0) is 25.4 Å². The van der Waals surface area contributed by atoms with Gasteiger partial charge in [0.25, 0.3) is 0 Å². The lowest BCUT2D eigenvalue weighted by molar-refractivity contribution is -0.137. The van der Waals surface area contributed by atoms with Crippen LogP contribution < -0.4 is 10.6 Å². The first-order valence-electron chi connectivity index (χ1n) is 14.4. The Kier molecular flexibility index (Phi) is 9.22. The van der Waals surface area contributed by atoms with Crippen LogP contribution in [0.2, 0.25) is 0 Å². The lowest BCUT2D eigenvalue weighted by Gasteiger charge is -2.33. The first kappa shape index (κ1) is 31.4. The quantitative estimate of drug-likeness (QED) is 0.150. The standard InChI is InChI=1S/C34H32F6N2O2/c35-33(36,37)27-15-3-1-11-23(27)25-13-7-9-21(31(25)43)19-41-29-17-5-6-18-30(29)42-20-22-10-8-14-26(32(22)44)24-12-2-4-16-28(24)34(38,39)40/h1-4,7-16,29-30,41-44H,5-6,17-20H2/t29-,30?/m1/s1. The van der Waals surface area contributed by atoms with Gasteiger partial charge in [-0.15, -0.1) is 0 Å². The smallest absolute Gasteiger partial charge is 0.417 e. The second-order valence-electron chi connectivity index (χ2n) is 11.0. The van der Waals surface area contributed by atoms with Crippen LogP contribution in [0.5, 0.6) is 11.5 Å². The summed E-state index contributed by atoms with van der Waals surface area (Å²) in [6.07, 6.45) is -5.63. The van der Waals surface area contributed by atoms with Crippen LogP contribution in [0.25, 0.3) is 22.3 Å². The molecule has 0 aromatic heterocycles. The first-order chi connectivity index (χ1) is 20.9. The molecule has 0 heterocycles. The van der Waals surface area contributed by atoms with Crippen LogP contribution in [0, 0.1) is 0 Å². The van der Waals surface area contributed by atoms with Gasteiger partial charge in [-0.1, -0.05) is 85.6 Å². The van der Waals surface area contributed by atoms with Gasteiger partial charge in [-0.3, -0.25) is 0 Å². The molecule has 4 aromatic carbocycles. The monoisotopic (exact) mass is 614 g/mol. The van der Waals surface area contributed by atoms with E-state index in [4.69, 9.17) is 0 Å². The van der Waals surface area contributed by atoms with Gasteiger partial charge in [-0.25, -0.2) is 0 Å². The molecule has 0 bridgehead atoms. The zero-order valence-corrected chi connectivity index (χ0v) is 23.6. The third-order valence-electron chi connectivity index (χ3n) is 8.16. The van der Waals surface area contributed by atoms with Crippen molar-refractivity contribution < 1.29 is 36.6 Å². The number of nitrogens with one attached hydrogen (secondary N) is 2. The molecule has 4 N–H and O–H groups in total. The molecule has 2 atom stereocenters. The number of rotatable bonds is 8. The van der Waals surface area contributed by atoms with Gasteiger partial charge in [0.05, 0.1) is 11.1 Å². The molecule has 0 spiro atoms. The molecule has 1 aliphatic rings. The summed E-state index contributed by atoms with van der Waals surface area (Å²) in [5.74, 6) is -0.448. The summed E-state index contributed by atoms with van der Waals surface area (Å²) < 4.78 is 81.8. The SMILES string of the molecule is Oc1c(CNC2CCCC[C@H]2NCc2cccc(-c3ccccc3C(F)(F)F)c2O)cccc1-c1ccccc1C(F)(F)F. The minimum Gasteiger partial charge on any atom is -0.507 e. The molecule has 232 valence electrons. The van der Waals surface area contributed by atoms with Crippen molar-refractivity contribution in [2.45, 2.75) is 63.2 Å². The molecule has 1 unspecified atom stereocenters. The van der Waals surface area contributed by atoms with E-state index in [1.54, 1.807) is 24.3 Å². The maximum Gasteiger partial charge on any atom is 0.417 e. The highest BCUT2D eigenvalue weighted by molar-refractivity contribution is 5.76. The molecule has 1 aliphatic carbocycles. The van der Waals surface area contributed by atoms with Crippen molar-refractivity contribution in [2.75, 3.05) is 0 Å². The largest absolute Gasteiger partial charge is 0.507 e. The van der Waals surface area contributed by atoms with E-state index in [1.807, 2.05) is 0 Å². The highest BCUT2D eigenvalue weighted by atomic mass is 19.4. The lowest BCUT2D eigenvalue weighted by atomic mass is 9.89. The topological polar surface area (TPSA) is 64.5 Å². The van der Waals surface area contributed by atoms with Crippen molar-refractivity contribution in [1.29, 1.82) is 0 Å². The fourth-order valence-corrected chi connectivity index (χ4v) is 5.93. The van der Waals surface area contributed by atoms with Gasteiger partial charge in [-0.2, -0.15) is 26.3 Å². The van der Waals surface area contributed by atoms with Crippen molar-refractivity contribution in [3.8, 4) is 33.8 Å². The number of phenolic OH excluding ortho intramolecular Hbond substituents is 2. The molecular formula is C34H32F6N2O2. The fraction of sp³-hybridized carbons (Fsp3) is 0.294. The summed E-state index contributed by atoms with van der Waals surface area (Å²) in [6, 6.07) is 19.6. The lowest BCUT2D eigenvalue weighted by Crippen LogP contribution is -2.49. The number of phenols is 2. The molecule has 5 rings (SSSR count). The number of halogens is 6. The van der Waals surface area contributed by atoms with Crippen molar-refractivity contribution in [3.63, 3.8) is 0 Å². The van der Waals surface area contributed by atoms with Crippen LogP contribution in [-0.4, -0.2) is 22.3 Å². The summed E-state index contributed by atoms with van der Waals surface area (Å²) in [6.45, 7) is 0.428. The van der Waals surface area contributed by atoms with Crippen molar-refractivity contribution in [1.82, 2.24) is 10.6 Å². The zero-order valence-electron chi connectivity index (χ0n) is 23.6. The van der Waals surface area contributed by atoms with Crippen LogP contribution in [0.3, 0.4) is 0 Å². The van der Waals surface area contributed by atoms with Crippen molar-refractivity contribution in [3.05, 3.63) is 107 Å². The third kappa shape index (κ3) is 6.87. The Morgan fingerprint density at radius 2 is 0.886 bits per heavy atom. The molecule has 10 heteroatoms. The molecular weight excluding hydrogens is 582 g/mol. The Morgan fingerprint density at radius 1 is 0.523 bits per heavy atom. The van der Waals surface area contributed by atoms with Gasteiger partial charge in [0, 0.05) is 47.4 Å². The molecule has 0 amide bonds. The van der Waals surface area contributed by atoms with Crippen molar-refractivity contribution in [2.24, 2.45) is 0 Å². The Bertz CT molecular complexity index is 1480. The van der Waals surface area contributed by atoms with E-state index < -0.39 is 23.5 Å². The average Bonchev–Trinajstić information content (AvgIpc) is 3.00. The van der Waals surface area contributed by atoms with E-state index in [9.17, 15) is 36.6 Å². The van der Waals surface area contributed by atoms with Crippen LogP contribution in [0.1, 0.15) is 47.9 Å². The molecule has 1 fully saturated rings.